The third kappa shape index (κ3) is 5.74. The minimum Gasteiger partial charge on any atom is -0.311 e. The molecule has 2 atom stereocenters. The molecule has 0 unspecified atom stereocenters. The van der Waals surface area contributed by atoms with Gasteiger partial charge in [-0.05, 0) is 13.8 Å². The Bertz CT molecular complexity index is 781. The van der Waals surface area contributed by atoms with Crippen LogP contribution in [0.2, 0.25) is 0 Å². The summed E-state index contributed by atoms with van der Waals surface area (Å²) in [5.41, 5.74) is -0.600. The Hall–Kier alpha value is -2.13. The molecule has 0 aromatic carbocycles. The van der Waals surface area contributed by atoms with Crippen molar-refractivity contribution < 1.29 is 93.7 Å². The average Bonchev–Trinajstić information content (AvgIpc) is 2.55. The summed E-state index contributed by atoms with van der Waals surface area (Å²) in [7, 11) is 0. The summed E-state index contributed by atoms with van der Waals surface area (Å²) in [5.74, 6) is -26.7. The molecule has 0 aliphatic carbocycles. The number of carbonyl (C=O) groups is 1. The molecule has 0 aromatic rings. The van der Waals surface area contributed by atoms with Crippen molar-refractivity contribution in [1.82, 2.24) is 0 Å². The molecule has 0 aliphatic rings. The van der Waals surface area contributed by atoms with Crippen molar-refractivity contribution in [2.24, 2.45) is 5.16 Å². The number of alkyl halides is 17. The van der Waals surface area contributed by atoms with Crippen LogP contribution in [0, 0.1) is 0 Å². The van der Waals surface area contributed by atoms with E-state index in [-0.39, 0.29) is 0 Å². The molecule has 5 nitrogen and oxygen atoms in total. The number of oxime groups is 1. The molecule has 0 saturated carbocycles. The summed E-state index contributed by atoms with van der Waals surface area (Å²) in [6, 6.07) is 0. The number of rotatable bonds is 8. The lowest BCUT2D eigenvalue weighted by atomic mass is 10.2. The number of nitrogens with zero attached hydrogens (tertiary/aromatic N) is 1. The zero-order valence-electron chi connectivity index (χ0n) is 15.5. The topological polar surface area (TPSA) is 57.1 Å². The van der Waals surface area contributed by atoms with E-state index in [4.69, 9.17) is 0 Å². The van der Waals surface area contributed by atoms with Gasteiger partial charge in [0.2, 0.25) is 0 Å². The first-order valence-corrected chi connectivity index (χ1v) is 7.34. The maximum atomic E-state index is 13.9. The second kappa shape index (κ2) is 8.82. The van der Waals surface area contributed by atoms with Crippen LogP contribution in [0.25, 0.3) is 0 Å². The largest absolute Gasteiger partial charge is 0.462 e. The van der Waals surface area contributed by atoms with Gasteiger partial charge < -0.3 is 4.84 Å². The molecule has 0 amide bonds. The first kappa shape index (κ1) is 31.9. The smallest absolute Gasteiger partial charge is 0.311 e. The quantitative estimate of drug-likeness (QED) is 0.166. The van der Waals surface area contributed by atoms with Crippen LogP contribution in [0.15, 0.2) is 5.16 Å². The van der Waals surface area contributed by atoms with E-state index in [1.54, 1.807) is 4.74 Å². The second-order valence-corrected chi connectivity index (χ2v) is 5.91. The van der Waals surface area contributed by atoms with Crippen molar-refractivity contribution in [2.75, 3.05) is 0 Å². The molecule has 0 fully saturated rings. The van der Waals surface area contributed by atoms with Crippen molar-refractivity contribution in [1.29, 1.82) is 0 Å². The molecule has 0 aromatic heterocycles. The van der Waals surface area contributed by atoms with E-state index in [1.807, 2.05) is 0 Å². The Morgan fingerprint density at radius 1 is 0.588 bits per heavy atom. The molecule has 0 spiro atoms. The van der Waals surface area contributed by atoms with Crippen LogP contribution in [0.4, 0.5) is 74.6 Å². The molecule has 0 aliphatic heterocycles. The molecular formula is C12H6F17NO4. The highest BCUT2D eigenvalue weighted by molar-refractivity contribution is 5.82. The van der Waals surface area contributed by atoms with E-state index in [0.717, 1.165) is 13.8 Å². The molecular weight excluding hydrogens is 545 g/mol. The van der Waals surface area contributed by atoms with E-state index in [1.165, 1.54) is 4.74 Å². The molecule has 22 heteroatoms. The summed E-state index contributed by atoms with van der Waals surface area (Å²) in [4.78, 5) is 14.2. The highest BCUT2D eigenvalue weighted by atomic mass is 19.4. The van der Waals surface area contributed by atoms with Crippen LogP contribution in [0.5, 0.6) is 0 Å². The van der Waals surface area contributed by atoms with Gasteiger partial charge >= 0.3 is 54.3 Å². The normalized spacial score (nSPS) is 18.1. The van der Waals surface area contributed by atoms with E-state index in [2.05, 4.69) is 9.99 Å². The van der Waals surface area contributed by atoms with Crippen molar-refractivity contribution in [2.45, 2.75) is 62.2 Å². The Labute approximate surface area is 174 Å². The minimum atomic E-state index is -8.08. The predicted octanol–water partition coefficient (Wildman–Crippen LogP) is 5.80. The molecule has 0 saturated heterocycles. The Morgan fingerprint density at radius 3 is 1.29 bits per heavy atom. The second-order valence-electron chi connectivity index (χ2n) is 5.91. The monoisotopic (exact) mass is 551 g/mol. The van der Waals surface area contributed by atoms with Gasteiger partial charge in [-0.2, -0.15) is 74.6 Å². The highest BCUT2D eigenvalue weighted by Gasteiger charge is 2.85. The maximum absolute atomic E-state index is 13.9. The first-order chi connectivity index (χ1) is 14.5. The lowest BCUT2D eigenvalue weighted by Gasteiger charge is -2.39. The van der Waals surface area contributed by atoms with Crippen LogP contribution >= 0.6 is 0 Å². The lowest BCUT2D eigenvalue weighted by molar-refractivity contribution is -0.548. The molecule has 0 radical (unpaired) electrons. The van der Waals surface area contributed by atoms with Gasteiger partial charge in [-0.15, -0.1) is 0 Å². The van der Waals surface area contributed by atoms with E-state index in [0.29, 0.717) is 0 Å². The summed E-state index contributed by atoms with van der Waals surface area (Å²) in [6.45, 7) is 1.56. The van der Waals surface area contributed by atoms with Gasteiger partial charge in [0.05, 0.1) is 5.71 Å². The SMILES string of the molecule is CC(C)=NOC(=O)[C@@](F)(OC(F)(F)[C@](F)(OC(F)(F)C(F)(F)C(F)(F)F)C(F)(F)F)C(F)(F)F. The van der Waals surface area contributed by atoms with Gasteiger partial charge in [0, 0.05) is 0 Å². The third-order valence-corrected chi connectivity index (χ3v) is 2.94. The van der Waals surface area contributed by atoms with Crippen LogP contribution in [-0.4, -0.2) is 60.1 Å². The predicted molar refractivity (Wildman–Crippen MR) is 67.7 cm³/mol. The van der Waals surface area contributed by atoms with Gasteiger partial charge in [-0.1, -0.05) is 5.16 Å². The number of carbonyl (C=O) groups excluding carboxylic acids is 1. The number of hydrogen-bond acceptors (Lipinski definition) is 5. The van der Waals surface area contributed by atoms with Crippen LogP contribution < -0.4 is 0 Å². The van der Waals surface area contributed by atoms with Crippen molar-refractivity contribution in [3.63, 3.8) is 0 Å². The molecule has 34 heavy (non-hydrogen) atoms. The van der Waals surface area contributed by atoms with Gasteiger partial charge in [0.1, 0.15) is 0 Å². The molecule has 0 bridgehead atoms. The highest BCUT2D eigenvalue weighted by Crippen LogP contribution is 2.56. The number of hydrogen-bond donors (Lipinski definition) is 0. The fourth-order valence-electron chi connectivity index (χ4n) is 1.34. The first-order valence-electron chi connectivity index (χ1n) is 7.34. The van der Waals surface area contributed by atoms with Crippen molar-refractivity contribution >= 4 is 11.7 Å². The fourth-order valence-corrected chi connectivity index (χ4v) is 1.34. The lowest BCUT2D eigenvalue weighted by Crippen LogP contribution is -2.68. The number of halogens is 17. The van der Waals surface area contributed by atoms with Crippen molar-refractivity contribution in [3.05, 3.63) is 0 Å². The standard InChI is InChI=1S/C12H6F17NO4/c1-3(2)30-32-4(31)5(13,8(17,18)19)33-12(28,29)7(16,10(23,24)25)34-11(26,27)6(14,15)9(20,21)22/h1-2H3/t5-,7-/m1/s1. The molecule has 0 heterocycles. The molecule has 0 rings (SSSR count). The fraction of sp³-hybridized carbons (Fsp3) is 0.833. The van der Waals surface area contributed by atoms with Gasteiger partial charge in [-0.25, -0.2) is 4.79 Å². The average molecular weight is 551 g/mol. The van der Waals surface area contributed by atoms with E-state index < -0.39 is 60.1 Å². The third-order valence-electron chi connectivity index (χ3n) is 2.94. The number of ether oxygens (including phenoxy) is 2. The van der Waals surface area contributed by atoms with Gasteiger partial charge in [-0.3, -0.25) is 9.47 Å². The summed E-state index contributed by atoms with van der Waals surface area (Å²) < 4.78 is 222. The summed E-state index contributed by atoms with van der Waals surface area (Å²) in [6.07, 6.45) is -38.7. The van der Waals surface area contributed by atoms with Crippen LogP contribution in [0.1, 0.15) is 13.8 Å². The van der Waals surface area contributed by atoms with Crippen LogP contribution in [0.3, 0.4) is 0 Å². The summed E-state index contributed by atoms with van der Waals surface area (Å²) in [5, 5.41) is 2.27. The minimum absolute atomic E-state index is 0.600. The van der Waals surface area contributed by atoms with E-state index in [9.17, 15) is 79.4 Å². The molecule has 202 valence electrons. The summed E-state index contributed by atoms with van der Waals surface area (Å²) >= 11 is 0. The Kier molecular flexibility index (Phi) is 8.27. The maximum Gasteiger partial charge on any atom is 0.462 e. The zero-order chi connectivity index (χ0) is 28.0. The van der Waals surface area contributed by atoms with E-state index >= 15 is 0 Å². The van der Waals surface area contributed by atoms with Crippen molar-refractivity contribution in [3.8, 4) is 0 Å². The molecule has 0 N–H and O–H groups in total. The van der Waals surface area contributed by atoms with Gasteiger partial charge in [0.15, 0.2) is 0 Å². The van der Waals surface area contributed by atoms with Crippen LogP contribution in [-0.2, 0) is 19.1 Å². The Balaban J connectivity index is 6.75. The zero-order valence-corrected chi connectivity index (χ0v) is 15.5. The van der Waals surface area contributed by atoms with Gasteiger partial charge in [0.25, 0.3) is 0 Å². The Morgan fingerprint density at radius 2 is 1.00 bits per heavy atom.